The first-order chi connectivity index (χ1) is 23.3. The molecule has 0 bridgehead atoms. The van der Waals surface area contributed by atoms with E-state index >= 15 is 0 Å². The fourth-order valence-corrected chi connectivity index (χ4v) is 6.16. The van der Waals surface area contributed by atoms with Crippen molar-refractivity contribution in [2.45, 2.75) is 0 Å². The Hall–Kier alpha value is -6.53. The van der Waals surface area contributed by atoms with E-state index < -0.39 is 0 Å². The number of nitrogens with zero attached hydrogens (tertiary/aromatic N) is 5. The van der Waals surface area contributed by atoms with Gasteiger partial charge in [-0.05, 0) is 58.7 Å². The number of fused-ring (bicyclic) bond motifs is 4. The molecular formula is C41H25N5O. The SMILES string of the molecule is c1ccc(-c2nc(-c3ccccc3)nc(-c3cc(-c4ccc(-c5ccnc6ncccc56)cc4)cc4c3oc3ccccc34)n2)cc1. The molecule has 0 saturated heterocycles. The Kier molecular flexibility index (Phi) is 6.35. The topological polar surface area (TPSA) is 77.6 Å². The molecule has 0 fully saturated rings. The molecule has 5 aromatic carbocycles. The molecule has 0 aliphatic carbocycles. The Morgan fingerprint density at radius 2 is 1.00 bits per heavy atom. The average Bonchev–Trinajstić information content (AvgIpc) is 3.53. The van der Waals surface area contributed by atoms with Gasteiger partial charge in [0.1, 0.15) is 11.2 Å². The standard InChI is InChI=1S/C41H25N5O/c1-3-10-28(11-4-1)38-44-39(29-12-5-2-6-13-29)46-41(45-38)35-25-30(24-34-32-14-7-8-16-36(32)47-37(34)35)26-17-19-27(20-18-26)31-21-23-43-40-33(31)15-9-22-42-40/h1-25H. The van der Waals surface area contributed by atoms with Gasteiger partial charge in [-0.2, -0.15) is 0 Å². The molecule has 0 spiro atoms. The molecule has 0 atom stereocenters. The minimum atomic E-state index is 0.552. The van der Waals surface area contributed by atoms with Gasteiger partial charge in [0.15, 0.2) is 23.1 Å². The maximum Gasteiger partial charge on any atom is 0.167 e. The van der Waals surface area contributed by atoms with Gasteiger partial charge in [0.05, 0.1) is 5.56 Å². The summed E-state index contributed by atoms with van der Waals surface area (Å²) in [5.41, 5.74) is 9.23. The molecule has 220 valence electrons. The van der Waals surface area contributed by atoms with Gasteiger partial charge in [-0.15, -0.1) is 0 Å². The predicted molar refractivity (Wildman–Crippen MR) is 187 cm³/mol. The Morgan fingerprint density at radius 1 is 0.383 bits per heavy atom. The van der Waals surface area contributed by atoms with Crippen LogP contribution in [0.15, 0.2) is 156 Å². The van der Waals surface area contributed by atoms with Crippen LogP contribution in [0.25, 0.3) is 89.4 Å². The second-order valence-corrected chi connectivity index (χ2v) is 11.3. The average molecular weight is 604 g/mol. The van der Waals surface area contributed by atoms with Crippen LogP contribution in [-0.4, -0.2) is 24.9 Å². The molecule has 0 amide bonds. The molecule has 0 unspecified atom stereocenters. The van der Waals surface area contributed by atoms with Crippen molar-refractivity contribution in [1.82, 2.24) is 24.9 Å². The summed E-state index contributed by atoms with van der Waals surface area (Å²) in [6.07, 6.45) is 3.58. The smallest absolute Gasteiger partial charge is 0.167 e. The van der Waals surface area contributed by atoms with E-state index in [4.69, 9.17) is 19.4 Å². The van der Waals surface area contributed by atoms with Crippen LogP contribution in [0.2, 0.25) is 0 Å². The van der Waals surface area contributed by atoms with E-state index in [1.165, 1.54) is 0 Å². The van der Waals surface area contributed by atoms with Gasteiger partial charge >= 0.3 is 0 Å². The molecule has 0 aliphatic heterocycles. The number of pyridine rings is 2. The molecular weight excluding hydrogens is 578 g/mol. The van der Waals surface area contributed by atoms with Crippen molar-refractivity contribution < 1.29 is 4.42 Å². The van der Waals surface area contributed by atoms with Crippen LogP contribution in [0.4, 0.5) is 0 Å². The molecule has 6 nitrogen and oxygen atoms in total. The normalized spacial score (nSPS) is 11.4. The van der Waals surface area contributed by atoms with E-state index in [0.717, 1.165) is 71.9 Å². The van der Waals surface area contributed by atoms with Gasteiger partial charge in [0.2, 0.25) is 0 Å². The number of hydrogen-bond acceptors (Lipinski definition) is 6. The Labute approximate surface area is 270 Å². The predicted octanol–water partition coefficient (Wildman–Crippen LogP) is 10.0. The summed E-state index contributed by atoms with van der Waals surface area (Å²) in [6.45, 7) is 0. The first-order valence-corrected chi connectivity index (χ1v) is 15.4. The zero-order valence-electron chi connectivity index (χ0n) is 25.1. The summed E-state index contributed by atoms with van der Waals surface area (Å²) in [7, 11) is 0. The lowest BCUT2D eigenvalue weighted by Gasteiger charge is -2.11. The summed E-state index contributed by atoms with van der Waals surface area (Å²) in [4.78, 5) is 23.9. The van der Waals surface area contributed by atoms with Crippen molar-refractivity contribution in [2.24, 2.45) is 0 Å². The molecule has 0 aliphatic rings. The van der Waals surface area contributed by atoms with Crippen molar-refractivity contribution in [3.63, 3.8) is 0 Å². The lowest BCUT2D eigenvalue weighted by atomic mass is 9.96. The van der Waals surface area contributed by atoms with Gasteiger partial charge in [0, 0.05) is 39.7 Å². The lowest BCUT2D eigenvalue weighted by molar-refractivity contribution is 0.669. The third-order valence-corrected chi connectivity index (χ3v) is 8.46. The van der Waals surface area contributed by atoms with Crippen LogP contribution in [-0.2, 0) is 0 Å². The van der Waals surface area contributed by atoms with Gasteiger partial charge < -0.3 is 4.42 Å². The van der Waals surface area contributed by atoms with E-state index in [1.54, 1.807) is 6.20 Å². The number of benzene rings is 5. The molecule has 0 saturated carbocycles. The highest BCUT2D eigenvalue weighted by atomic mass is 16.3. The molecule has 47 heavy (non-hydrogen) atoms. The van der Waals surface area contributed by atoms with Crippen LogP contribution in [0, 0.1) is 0 Å². The Balaban J connectivity index is 1.25. The second kappa shape index (κ2) is 11.1. The third-order valence-electron chi connectivity index (χ3n) is 8.46. The van der Waals surface area contributed by atoms with E-state index in [0.29, 0.717) is 17.5 Å². The largest absolute Gasteiger partial charge is 0.455 e. The fraction of sp³-hybridized carbons (Fsp3) is 0. The minimum Gasteiger partial charge on any atom is -0.455 e. The lowest BCUT2D eigenvalue weighted by Crippen LogP contribution is -2.00. The molecule has 0 radical (unpaired) electrons. The summed E-state index contributed by atoms with van der Waals surface area (Å²) >= 11 is 0. The molecule has 6 heteroatoms. The molecule has 9 rings (SSSR count). The maximum absolute atomic E-state index is 6.53. The highest BCUT2D eigenvalue weighted by Crippen LogP contribution is 2.40. The van der Waals surface area contributed by atoms with E-state index in [2.05, 4.69) is 58.5 Å². The third kappa shape index (κ3) is 4.80. The highest BCUT2D eigenvalue weighted by Gasteiger charge is 2.20. The van der Waals surface area contributed by atoms with Gasteiger partial charge in [0.25, 0.3) is 0 Å². The molecule has 4 heterocycles. The second-order valence-electron chi connectivity index (χ2n) is 11.3. The summed E-state index contributed by atoms with van der Waals surface area (Å²) in [6, 6.07) is 47.1. The zero-order chi connectivity index (χ0) is 31.2. The van der Waals surface area contributed by atoms with E-state index in [1.807, 2.05) is 97.2 Å². The minimum absolute atomic E-state index is 0.552. The van der Waals surface area contributed by atoms with Crippen LogP contribution >= 0.6 is 0 Å². The Bertz CT molecular complexity index is 2500. The first kappa shape index (κ1) is 26.8. The van der Waals surface area contributed by atoms with Crippen molar-refractivity contribution >= 4 is 33.0 Å². The van der Waals surface area contributed by atoms with Gasteiger partial charge in [-0.25, -0.2) is 24.9 Å². The van der Waals surface area contributed by atoms with E-state index in [9.17, 15) is 0 Å². The van der Waals surface area contributed by atoms with Crippen molar-refractivity contribution in [1.29, 1.82) is 0 Å². The van der Waals surface area contributed by atoms with Gasteiger partial charge in [-0.3, -0.25) is 0 Å². The monoisotopic (exact) mass is 603 g/mol. The summed E-state index contributed by atoms with van der Waals surface area (Å²) < 4.78 is 6.53. The first-order valence-electron chi connectivity index (χ1n) is 15.4. The maximum atomic E-state index is 6.53. The van der Waals surface area contributed by atoms with Crippen LogP contribution in [0.5, 0.6) is 0 Å². The molecule has 4 aromatic heterocycles. The van der Waals surface area contributed by atoms with Crippen LogP contribution in [0.3, 0.4) is 0 Å². The quantitative estimate of drug-likeness (QED) is 0.195. The zero-order valence-corrected chi connectivity index (χ0v) is 25.1. The number of furan rings is 1. The summed E-state index contributed by atoms with van der Waals surface area (Å²) in [5.74, 6) is 1.76. The fourth-order valence-electron chi connectivity index (χ4n) is 6.16. The van der Waals surface area contributed by atoms with Crippen molar-refractivity contribution in [2.75, 3.05) is 0 Å². The van der Waals surface area contributed by atoms with E-state index in [-0.39, 0.29) is 0 Å². The van der Waals surface area contributed by atoms with Crippen molar-refractivity contribution in [3.8, 4) is 56.4 Å². The summed E-state index contributed by atoms with van der Waals surface area (Å²) in [5, 5.41) is 3.07. The number of para-hydroxylation sites is 1. The van der Waals surface area contributed by atoms with Gasteiger partial charge in [-0.1, -0.05) is 103 Å². The Morgan fingerprint density at radius 3 is 1.74 bits per heavy atom. The number of hydrogen-bond donors (Lipinski definition) is 0. The van der Waals surface area contributed by atoms with Crippen molar-refractivity contribution in [3.05, 3.63) is 152 Å². The van der Waals surface area contributed by atoms with Crippen LogP contribution in [0.1, 0.15) is 0 Å². The molecule has 9 aromatic rings. The number of aromatic nitrogens is 5. The number of rotatable bonds is 5. The highest BCUT2D eigenvalue weighted by molar-refractivity contribution is 6.11. The molecule has 0 N–H and O–H groups in total. The van der Waals surface area contributed by atoms with Crippen LogP contribution < -0.4 is 0 Å².